The van der Waals surface area contributed by atoms with Crippen molar-refractivity contribution in [2.75, 3.05) is 26.2 Å². The largest absolute Gasteiger partial charge is 0.327 e. The van der Waals surface area contributed by atoms with E-state index in [0.717, 1.165) is 32.1 Å². The van der Waals surface area contributed by atoms with Gasteiger partial charge in [0.1, 0.15) is 0 Å². The molecule has 0 aromatic carbocycles. The average Bonchev–Trinajstić information content (AvgIpc) is 2.85. The molecule has 0 bridgehead atoms. The first-order valence-electron chi connectivity index (χ1n) is 7.99. The molecule has 2 N–H and O–H groups in total. The third kappa shape index (κ3) is 3.39. The molecule has 0 aromatic rings. The zero-order valence-corrected chi connectivity index (χ0v) is 14.4. The fourth-order valence-corrected chi connectivity index (χ4v) is 5.78. The highest BCUT2D eigenvalue weighted by Crippen LogP contribution is 2.37. The second-order valence-electron chi connectivity index (χ2n) is 6.93. The summed E-state index contributed by atoms with van der Waals surface area (Å²) in [6.45, 7) is 4.89. The lowest BCUT2D eigenvalue weighted by atomic mass is 9.78. The van der Waals surface area contributed by atoms with Crippen LogP contribution in [0, 0.1) is 17.8 Å². The van der Waals surface area contributed by atoms with Crippen LogP contribution in [0.5, 0.6) is 0 Å². The molecule has 5 nitrogen and oxygen atoms in total. The minimum Gasteiger partial charge on any atom is -0.327 e. The van der Waals surface area contributed by atoms with Gasteiger partial charge in [-0.3, -0.25) is 0 Å². The maximum atomic E-state index is 12.8. The van der Waals surface area contributed by atoms with Crippen LogP contribution in [-0.2, 0) is 10.2 Å². The number of halogens is 1. The summed E-state index contributed by atoms with van der Waals surface area (Å²) in [5.74, 6) is 1.51. The highest BCUT2D eigenvalue weighted by atomic mass is 35.5. The van der Waals surface area contributed by atoms with Crippen molar-refractivity contribution in [3.8, 4) is 0 Å². The summed E-state index contributed by atoms with van der Waals surface area (Å²) in [5.41, 5.74) is 6.19. The van der Waals surface area contributed by atoms with Crippen LogP contribution in [0.4, 0.5) is 0 Å². The summed E-state index contributed by atoms with van der Waals surface area (Å²) in [4.78, 5) is 0. The zero-order chi connectivity index (χ0) is 14.3. The van der Waals surface area contributed by atoms with Crippen LogP contribution in [0.25, 0.3) is 0 Å². The zero-order valence-electron chi connectivity index (χ0n) is 12.8. The van der Waals surface area contributed by atoms with Gasteiger partial charge in [-0.25, -0.2) is 0 Å². The minimum atomic E-state index is -3.26. The molecule has 0 amide bonds. The second kappa shape index (κ2) is 6.71. The van der Waals surface area contributed by atoms with E-state index in [2.05, 4.69) is 6.92 Å². The molecule has 7 heteroatoms. The summed E-state index contributed by atoms with van der Waals surface area (Å²) < 4.78 is 28.9. The van der Waals surface area contributed by atoms with Crippen molar-refractivity contribution >= 4 is 22.6 Å². The highest BCUT2D eigenvalue weighted by molar-refractivity contribution is 7.86. The van der Waals surface area contributed by atoms with Gasteiger partial charge in [-0.1, -0.05) is 13.3 Å². The lowest BCUT2D eigenvalue weighted by Crippen LogP contribution is -2.46. The fraction of sp³-hybridized carbons (Fsp3) is 1.00. The van der Waals surface area contributed by atoms with Crippen molar-refractivity contribution in [1.82, 2.24) is 8.61 Å². The fourth-order valence-electron chi connectivity index (χ4n) is 4.04. The maximum absolute atomic E-state index is 12.8. The molecule has 1 aliphatic carbocycles. The molecule has 21 heavy (non-hydrogen) atoms. The maximum Gasteiger partial charge on any atom is 0.281 e. The number of rotatable bonds is 2. The molecule has 3 unspecified atom stereocenters. The Hall–Kier alpha value is 0.120. The van der Waals surface area contributed by atoms with E-state index < -0.39 is 10.2 Å². The monoisotopic (exact) mass is 337 g/mol. The van der Waals surface area contributed by atoms with Gasteiger partial charge in [-0.05, 0) is 43.4 Å². The summed E-state index contributed by atoms with van der Waals surface area (Å²) >= 11 is 0. The molecular formula is C14H28ClN3O2S. The Bertz CT molecular complexity index is 451. The molecule has 3 aliphatic rings. The van der Waals surface area contributed by atoms with Crippen molar-refractivity contribution < 1.29 is 8.42 Å². The predicted octanol–water partition coefficient (Wildman–Crippen LogP) is 1.44. The van der Waals surface area contributed by atoms with Gasteiger partial charge in [0.15, 0.2) is 0 Å². The van der Waals surface area contributed by atoms with Gasteiger partial charge >= 0.3 is 0 Å². The number of nitrogens with two attached hydrogens (primary N) is 1. The summed E-state index contributed by atoms with van der Waals surface area (Å²) in [5, 5.41) is 0. The van der Waals surface area contributed by atoms with Gasteiger partial charge < -0.3 is 5.73 Å². The Morgan fingerprint density at radius 2 is 1.67 bits per heavy atom. The molecule has 0 aromatic heterocycles. The van der Waals surface area contributed by atoms with Crippen LogP contribution in [0.1, 0.15) is 39.0 Å². The molecule has 2 aliphatic heterocycles. The quantitative estimate of drug-likeness (QED) is 0.829. The first-order chi connectivity index (χ1) is 9.48. The third-order valence-electron chi connectivity index (χ3n) is 5.52. The molecule has 2 saturated heterocycles. The first kappa shape index (κ1) is 17.5. The van der Waals surface area contributed by atoms with Crippen molar-refractivity contribution in [3.05, 3.63) is 0 Å². The minimum absolute atomic E-state index is 0. The van der Waals surface area contributed by atoms with Crippen LogP contribution < -0.4 is 5.73 Å². The Kier molecular flexibility index (Phi) is 5.58. The molecule has 3 fully saturated rings. The Morgan fingerprint density at radius 3 is 2.29 bits per heavy atom. The number of piperidine rings is 1. The Balaban J connectivity index is 0.00000161. The third-order valence-corrected chi connectivity index (χ3v) is 7.48. The van der Waals surface area contributed by atoms with Crippen molar-refractivity contribution in [3.63, 3.8) is 0 Å². The lowest BCUT2D eigenvalue weighted by molar-refractivity contribution is 0.259. The average molecular weight is 338 g/mol. The number of hydrogen-bond acceptors (Lipinski definition) is 3. The van der Waals surface area contributed by atoms with Gasteiger partial charge in [0.2, 0.25) is 0 Å². The number of nitrogens with zero attached hydrogens (tertiary/aromatic N) is 2. The van der Waals surface area contributed by atoms with Crippen molar-refractivity contribution in [2.45, 2.75) is 45.1 Å². The molecule has 3 rings (SSSR count). The van der Waals surface area contributed by atoms with Gasteiger partial charge in [0.25, 0.3) is 10.2 Å². The normalized spacial score (nSPS) is 36.2. The van der Waals surface area contributed by atoms with Gasteiger partial charge in [-0.15, -0.1) is 12.4 Å². The lowest BCUT2D eigenvalue weighted by Gasteiger charge is -2.32. The van der Waals surface area contributed by atoms with Crippen LogP contribution in [0.2, 0.25) is 0 Å². The predicted molar refractivity (Wildman–Crippen MR) is 86.5 cm³/mol. The highest BCUT2D eigenvalue weighted by Gasteiger charge is 2.44. The van der Waals surface area contributed by atoms with Gasteiger partial charge in [-0.2, -0.15) is 17.0 Å². The molecule has 1 saturated carbocycles. The van der Waals surface area contributed by atoms with Crippen LogP contribution in [-0.4, -0.2) is 49.2 Å². The van der Waals surface area contributed by atoms with Crippen molar-refractivity contribution in [1.29, 1.82) is 0 Å². The van der Waals surface area contributed by atoms with E-state index in [1.165, 1.54) is 0 Å². The molecular weight excluding hydrogens is 310 g/mol. The smallest absolute Gasteiger partial charge is 0.281 e. The standard InChI is InChI=1S/C14H27N3O2S.ClH/c1-11-5-7-16(8-6-11)20(18,19)17-9-12-3-2-4-14(15)13(12)10-17;/h11-14H,2-10,15H2,1H3;1H. The number of fused-ring (bicyclic) bond motifs is 1. The van der Waals surface area contributed by atoms with E-state index in [4.69, 9.17) is 5.73 Å². The van der Waals surface area contributed by atoms with Crippen LogP contribution in [0.15, 0.2) is 0 Å². The van der Waals surface area contributed by atoms with E-state index in [1.807, 2.05) is 0 Å². The summed E-state index contributed by atoms with van der Waals surface area (Å²) in [7, 11) is -3.26. The Morgan fingerprint density at radius 1 is 1.00 bits per heavy atom. The van der Waals surface area contributed by atoms with E-state index in [0.29, 0.717) is 43.9 Å². The molecule has 2 heterocycles. The SMILES string of the molecule is CC1CCN(S(=O)(=O)N2CC3CCCC(N)C3C2)CC1.Cl. The van der Waals surface area contributed by atoms with Crippen LogP contribution in [0.3, 0.4) is 0 Å². The van der Waals surface area contributed by atoms with E-state index in [1.54, 1.807) is 8.61 Å². The van der Waals surface area contributed by atoms with Gasteiger partial charge in [0, 0.05) is 32.2 Å². The summed E-state index contributed by atoms with van der Waals surface area (Å²) in [6, 6.07) is 0.190. The van der Waals surface area contributed by atoms with E-state index >= 15 is 0 Å². The van der Waals surface area contributed by atoms with E-state index in [-0.39, 0.29) is 18.4 Å². The molecule has 0 spiro atoms. The van der Waals surface area contributed by atoms with Gasteiger partial charge in [0.05, 0.1) is 0 Å². The first-order valence-corrected chi connectivity index (χ1v) is 9.39. The Labute approximate surface area is 134 Å². The number of hydrogen-bond donors (Lipinski definition) is 1. The van der Waals surface area contributed by atoms with E-state index in [9.17, 15) is 8.42 Å². The molecule has 3 atom stereocenters. The summed E-state index contributed by atoms with van der Waals surface area (Å²) in [6.07, 6.45) is 5.31. The second-order valence-corrected chi connectivity index (χ2v) is 8.85. The molecule has 124 valence electrons. The topological polar surface area (TPSA) is 66.6 Å². The van der Waals surface area contributed by atoms with Crippen molar-refractivity contribution in [2.24, 2.45) is 23.5 Å². The molecule has 0 radical (unpaired) electrons. The van der Waals surface area contributed by atoms with Crippen LogP contribution >= 0.6 is 12.4 Å².